The third kappa shape index (κ3) is 8.78. The lowest BCUT2D eigenvalue weighted by Gasteiger charge is -2.59. The van der Waals surface area contributed by atoms with Crippen molar-refractivity contribution in [2.75, 3.05) is 40.1 Å². The molecule has 7 atom stereocenters. The number of carbonyl (C=O) groups is 1. The van der Waals surface area contributed by atoms with E-state index < -0.39 is 30.1 Å². The van der Waals surface area contributed by atoms with Gasteiger partial charge in [-0.05, 0) is 103 Å². The molecule has 2 fully saturated rings. The fourth-order valence-corrected chi connectivity index (χ4v) is 9.73. The zero-order chi connectivity index (χ0) is 40.5. The lowest BCUT2D eigenvalue weighted by Crippen LogP contribution is -2.70. The van der Waals surface area contributed by atoms with Crippen LogP contribution < -0.4 is 9.47 Å². The molecule has 3 aromatic carbocycles. The van der Waals surface area contributed by atoms with Crippen molar-refractivity contribution in [3.8, 4) is 17.2 Å². The van der Waals surface area contributed by atoms with E-state index in [4.69, 9.17) is 33.7 Å². The van der Waals surface area contributed by atoms with Crippen LogP contribution in [0.2, 0.25) is 0 Å². The van der Waals surface area contributed by atoms with Crippen LogP contribution in [0.25, 0.3) is 10.8 Å². The first-order valence-electron chi connectivity index (χ1n) is 21.3. The molecule has 4 aliphatic rings. The van der Waals surface area contributed by atoms with Gasteiger partial charge in [-0.1, -0.05) is 67.4 Å². The number of carbonyl (C=O) groups excluding carboxylic acids is 1. The first-order valence-corrected chi connectivity index (χ1v) is 21.3. The third-order valence-corrected chi connectivity index (χ3v) is 12.3. The molecule has 7 unspecified atom stereocenters. The number of hydrogen-bond acceptors (Lipinski definition) is 10. The second-order valence-electron chi connectivity index (χ2n) is 15.9. The molecular formula is C47H60N2O9. The number of aliphatic hydroxyl groups is 2. The molecule has 0 radical (unpaired) electrons. The number of rotatable bonds is 18. The molecular weight excluding hydrogens is 737 g/mol. The van der Waals surface area contributed by atoms with Crippen LogP contribution in [0.3, 0.4) is 0 Å². The minimum atomic E-state index is -1.35. The van der Waals surface area contributed by atoms with Crippen LogP contribution >= 0.6 is 0 Å². The topological polar surface area (TPSA) is 129 Å². The van der Waals surface area contributed by atoms with Crippen LogP contribution in [0.5, 0.6) is 17.2 Å². The highest BCUT2D eigenvalue weighted by molar-refractivity contribution is 6.03. The van der Waals surface area contributed by atoms with Gasteiger partial charge in [0.05, 0.1) is 32.0 Å². The molecule has 1 saturated carbocycles. The maximum atomic E-state index is 13.8. The van der Waals surface area contributed by atoms with Gasteiger partial charge in [-0.25, -0.2) is 4.79 Å². The van der Waals surface area contributed by atoms with Gasteiger partial charge < -0.3 is 38.7 Å². The minimum absolute atomic E-state index is 0.0876. The van der Waals surface area contributed by atoms with E-state index in [-0.39, 0.29) is 37.6 Å². The van der Waals surface area contributed by atoms with Crippen molar-refractivity contribution in [3.63, 3.8) is 0 Å². The Morgan fingerprint density at radius 2 is 1.78 bits per heavy atom. The van der Waals surface area contributed by atoms with Crippen molar-refractivity contribution >= 4 is 22.6 Å². The molecule has 2 aliphatic carbocycles. The van der Waals surface area contributed by atoms with E-state index >= 15 is 0 Å². The summed E-state index contributed by atoms with van der Waals surface area (Å²) in [6.45, 7) is 7.49. The van der Waals surface area contributed by atoms with Gasteiger partial charge in [0.1, 0.15) is 23.3 Å². The molecule has 11 heteroatoms. The lowest BCUT2D eigenvalue weighted by molar-refractivity contribution is -0.255. The Morgan fingerprint density at radius 1 is 1.00 bits per heavy atom. The Balaban J connectivity index is 1.42. The number of amides is 1. The summed E-state index contributed by atoms with van der Waals surface area (Å²) >= 11 is 0. The summed E-state index contributed by atoms with van der Waals surface area (Å²) in [5, 5.41) is 27.0. The zero-order valence-corrected chi connectivity index (χ0v) is 34.1. The molecule has 2 aliphatic heterocycles. The molecule has 1 saturated heterocycles. The van der Waals surface area contributed by atoms with Gasteiger partial charge in [0, 0.05) is 44.1 Å². The quantitative estimate of drug-likeness (QED) is 0.0736. The maximum Gasteiger partial charge on any atom is 0.409 e. The average Bonchev–Trinajstić information content (AvgIpc) is 3.25. The summed E-state index contributed by atoms with van der Waals surface area (Å²) < 4.78 is 32.3. The molecule has 11 nitrogen and oxygen atoms in total. The van der Waals surface area contributed by atoms with Crippen molar-refractivity contribution < 1.29 is 43.5 Å². The van der Waals surface area contributed by atoms with Crippen molar-refractivity contribution in [1.82, 2.24) is 4.90 Å². The number of nitrogens with zero attached hydrogens (tertiary/aromatic N) is 2. The Labute approximate surface area is 342 Å². The smallest absolute Gasteiger partial charge is 0.409 e. The molecule has 7 rings (SSSR count). The van der Waals surface area contributed by atoms with E-state index in [1.165, 1.54) is 7.11 Å². The fourth-order valence-electron chi connectivity index (χ4n) is 9.73. The summed E-state index contributed by atoms with van der Waals surface area (Å²) in [4.78, 5) is 21.8. The van der Waals surface area contributed by atoms with Crippen molar-refractivity contribution in [2.24, 2.45) is 22.9 Å². The Bertz CT molecular complexity index is 1920. The normalized spacial score (nSPS) is 26.8. The molecule has 0 spiro atoms. The number of hydrogen-bond donors (Lipinski definition) is 2. The second kappa shape index (κ2) is 19.6. The van der Waals surface area contributed by atoms with E-state index in [9.17, 15) is 15.0 Å². The van der Waals surface area contributed by atoms with Gasteiger partial charge in [0.15, 0.2) is 0 Å². The molecule has 2 heterocycles. The fraction of sp³-hybridized carbons (Fsp3) is 0.532. The van der Waals surface area contributed by atoms with Gasteiger partial charge >= 0.3 is 6.09 Å². The third-order valence-electron chi connectivity index (χ3n) is 12.3. The summed E-state index contributed by atoms with van der Waals surface area (Å²) in [7, 11) is 1.40. The Hall–Kier alpha value is -4.42. The summed E-state index contributed by atoms with van der Waals surface area (Å²) in [6, 6.07) is 19.7. The highest BCUT2D eigenvalue weighted by Gasteiger charge is 2.65. The highest BCUT2D eigenvalue weighted by atomic mass is 16.8. The van der Waals surface area contributed by atoms with E-state index in [0.717, 1.165) is 78.3 Å². The molecule has 3 aromatic rings. The van der Waals surface area contributed by atoms with E-state index in [0.29, 0.717) is 50.3 Å². The van der Waals surface area contributed by atoms with E-state index in [1.54, 1.807) is 11.0 Å². The number of aliphatic hydroxyl groups excluding tert-OH is 2. The average molecular weight is 797 g/mol. The number of allylic oxidation sites excluding steroid dienone is 1. The lowest BCUT2D eigenvalue weighted by atomic mass is 9.55. The van der Waals surface area contributed by atoms with E-state index in [1.807, 2.05) is 37.3 Å². The largest absolute Gasteiger partial charge is 0.459 e. The maximum absolute atomic E-state index is 13.8. The Morgan fingerprint density at radius 3 is 2.52 bits per heavy atom. The summed E-state index contributed by atoms with van der Waals surface area (Å²) in [5.74, 6) is 0.310. The number of fused-ring (bicyclic) bond motifs is 3. The number of methoxy groups -OCH3 is 1. The predicted molar refractivity (Wildman–Crippen MR) is 223 cm³/mol. The van der Waals surface area contributed by atoms with Gasteiger partial charge in [-0.3, -0.25) is 4.90 Å². The van der Waals surface area contributed by atoms with Crippen LogP contribution in [0.15, 0.2) is 90.1 Å². The SMILES string of the molecule is C=CCOC12Oc3ccc(Oc4ccc5ccccc5c4)cc3C3C(CCCCO)C(CCCCO)C=C(C(=NOC4CCCCO4)CC1N(CCC)C(=O)OC)C32. The molecule has 0 aromatic heterocycles. The van der Waals surface area contributed by atoms with Crippen molar-refractivity contribution in [1.29, 1.82) is 0 Å². The minimum Gasteiger partial charge on any atom is -0.459 e. The van der Waals surface area contributed by atoms with Gasteiger partial charge in [0.2, 0.25) is 12.1 Å². The first kappa shape index (κ1) is 41.7. The van der Waals surface area contributed by atoms with Crippen molar-refractivity contribution in [2.45, 2.75) is 102 Å². The second-order valence-corrected chi connectivity index (χ2v) is 15.9. The van der Waals surface area contributed by atoms with Crippen LogP contribution in [-0.2, 0) is 19.0 Å². The molecule has 2 N–H and O–H groups in total. The number of unbranched alkanes of at least 4 members (excludes halogenated alkanes) is 2. The summed E-state index contributed by atoms with van der Waals surface area (Å²) in [5.41, 5.74) is 2.69. The summed E-state index contributed by atoms with van der Waals surface area (Å²) in [6.07, 6.45) is 11.6. The molecule has 0 bridgehead atoms. The molecule has 1 amide bonds. The van der Waals surface area contributed by atoms with Crippen LogP contribution in [0.4, 0.5) is 4.79 Å². The predicted octanol–water partition coefficient (Wildman–Crippen LogP) is 9.27. The van der Waals surface area contributed by atoms with Crippen LogP contribution in [-0.4, -0.2) is 85.1 Å². The van der Waals surface area contributed by atoms with Gasteiger partial charge in [-0.2, -0.15) is 0 Å². The van der Waals surface area contributed by atoms with Crippen molar-refractivity contribution in [3.05, 3.63) is 90.5 Å². The van der Waals surface area contributed by atoms with Gasteiger partial charge in [0.25, 0.3) is 0 Å². The van der Waals surface area contributed by atoms with Crippen LogP contribution in [0, 0.1) is 17.8 Å². The molecule has 312 valence electrons. The number of benzene rings is 3. The monoisotopic (exact) mass is 796 g/mol. The number of ether oxygens (including phenoxy) is 5. The Kier molecular flexibility index (Phi) is 14.1. The van der Waals surface area contributed by atoms with E-state index in [2.05, 4.69) is 43.0 Å². The highest BCUT2D eigenvalue weighted by Crippen LogP contribution is 2.62. The number of oxime groups is 1. The first-order chi connectivity index (χ1) is 28.4. The standard InChI is InChI=1S/C47H60N2O9/c1-4-23-49(46(52)53-3)42-31-40(48-58-43-18-10-13-27-54-43)38-29-34(16-8-11-24-50)37(17-9-12-25-51)44-39-30-36(56-35-20-19-32-14-6-7-15-33(32)28-35)21-22-41(39)57-47(42,45(38)44)55-26-5-2/h5-7,14-15,19-22,28-30,34,37,42-45,50-51H,2,4,8-13,16-18,23-27,31H2,1,3H3. The molecule has 58 heavy (non-hydrogen) atoms. The van der Waals surface area contributed by atoms with Gasteiger partial charge in [-0.15, -0.1) is 6.58 Å². The zero-order valence-electron chi connectivity index (χ0n) is 34.1. The van der Waals surface area contributed by atoms with Crippen LogP contribution in [0.1, 0.15) is 89.0 Å².